The molecule has 308 valence electrons. The molecule has 0 saturated carbocycles. The van der Waals surface area contributed by atoms with Crippen LogP contribution in [0.25, 0.3) is 0 Å². The fraction of sp³-hybridized carbons (Fsp3) is 0.222. The zero-order valence-electron chi connectivity index (χ0n) is 35.1. The van der Waals surface area contributed by atoms with E-state index in [0.717, 1.165) is 117 Å². The highest BCUT2D eigenvalue weighted by molar-refractivity contribution is 9.10. The SMILES string of the molecule is COc1c2cccc1Cc1cccc3c1OCc1cccc(c1Br)COc1c(cccc1Cc1cccc(c1OC)Cc1cccc(c1OC)C3)Cc1cccc(c1OC)C2. The van der Waals surface area contributed by atoms with Crippen LogP contribution in [0.1, 0.15) is 77.9 Å². The minimum absolute atomic E-state index is 0.359. The Kier molecular flexibility index (Phi) is 11.7. The van der Waals surface area contributed by atoms with E-state index in [2.05, 4.69) is 143 Å². The number of fused-ring (bicyclic) bond motifs is 10. The fourth-order valence-corrected chi connectivity index (χ4v) is 9.80. The van der Waals surface area contributed by atoms with Gasteiger partial charge in [-0.2, -0.15) is 0 Å². The second-order valence-corrected chi connectivity index (χ2v) is 16.6. The minimum atomic E-state index is 0.359. The number of para-hydroxylation sites is 6. The summed E-state index contributed by atoms with van der Waals surface area (Å²) in [4.78, 5) is 0. The Morgan fingerprint density at radius 2 is 0.508 bits per heavy atom. The average Bonchev–Trinajstić information content (AvgIpc) is 3.26. The first-order valence-corrected chi connectivity index (χ1v) is 21.6. The summed E-state index contributed by atoms with van der Waals surface area (Å²) >= 11 is 4.00. The second kappa shape index (κ2) is 17.8. The van der Waals surface area contributed by atoms with Crippen LogP contribution in [-0.4, -0.2) is 28.4 Å². The van der Waals surface area contributed by atoms with E-state index in [1.54, 1.807) is 28.4 Å². The fourth-order valence-electron chi connectivity index (χ4n) is 9.30. The highest BCUT2D eigenvalue weighted by atomic mass is 79.9. The number of halogens is 1. The topological polar surface area (TPSA) is 55.4 Å². The molecular formula is C54H49BrO6. The van der Waals surface area contributed by atoms with Crippen LogP contribution in [0.15, 0.2) is 132 Å². The molecule has 7 aromatic carbocycles. The highest BCUT2D eigenvalue weighted by Gasteiger charge is 2.23. The van der Waals surface area contributed by atoms with E-state index >= 15 is 0 Å². The summed E-state index contributed by atoms with van der Waals surface area (Å²) in [6, 6.07) is 45.0. The molecule has 0 spiro atoms. The molecule has 0 unspecified atom stereocenters. The van der Waals surface area contributed by atoms with Crippen molar-refractivity contribution < 1.29 is 28.4 Å². The quantitative estimate of drug-likeness (QED) is 0.176. The molecule has 61 heavy (non-hydrogen) atoms. The maximum atomic E-state index is 7.02. The van der Waals surface area contributed by atoms with Gasteiger partial charge in [0.1, 0.15) is 47.7 Å². The van der Waals surface area contributed by atoms with Crippen LogP contribution in [-0.2, 0) is 51.7 Å². The van der Waals surface area contributed by atoms with Crippen molar-refractivity contribution in [2.75, 3.05) is 28.4 Å². The third-order valence-corrected chi connectivity index (χ3v) is 13.1. The lowest BCUT2D eigenvalue weighted by atomic mass is 9.91. The number of hydrogen-bond donors (Lipinski definition) is 0. The van der Waals surface area contributed by atoms with E-state index in [-0.39, 0.29) is 0 Å². The van der Waals surface area contributed by atoms with E-state index in [0.29, 0.717) is 51.7 Å². The maximum absolute atomic E-state index is 7.02. The Balaban J connectivity index is 1.32. The molecule has 0 N–H and O–H groups in total. The zero-order valence-corrected chi connectivity index (χ0v) is 36.7. The van der Waals surface area contributed by atoms with Crippen molar-refractivity contribution in [3.05, 3.63) is 210 Å². The van der Waals surface area contributed by atoms with Crippen LogP contribution in [0.5, 0.6) is 34.5 Å². The van der Waals surface area contributed by atoms with Crippen molar-refractivity contribution in [2.24, 2.45) is 0 Å². The van der Waals surface area contributed by atoms with Gasteiger partial charge in [-0.1, -0.05) is 127 Å². The maximum Gasteiger partial charge on any atom is 0.126 e. The first kappa shape index (κ1) is 40.2. The lowest BCUT2D eigenvalue weighted by molar-refractivity contribution is 0.292. The summed E-state index contributed by atoms with van der Waals surface area (Å²) in [6.07, 6.45) is 3.71. The summed E-state index contributed by atoms with van der Waals surface area (Å²) in [5.41, 5.74) is 15.0. The molecule has 0 fully saturated rings. The Morgan fingerprint density at radius 3 is 0.738 bits per heavy atom. The van der Waals surface area contributed by atoms with Gasteiger partial charge in [-0.05, 0) is 82.7 Å². The Hall–Kier alpha value is -6.18. The Bertz CT molecular complexity index is 2410. The van der Waals surface area contributed by atoms with Crippen molar-refractivity contribution in [2.45, 2.75) is 51.7 Å². The van der Waals surface area contributed by atoms with Gasteiger partial charge in [-0.25, -0.2) is 0 Å². The second-order valence-electron chi connectivity index (χ2n) is 15.8. The molecule has 7 aromatic rings. The third kappa shape index (κ3) is 8.07. The van der Waals surface area contributed by atoms with E-state index < -0.39 is 0 Å². The van der Waals surface area contributed by atoms with E-state index in [1.165, 1.54) is 0 Å². The summed E-state index contributed by atoms with van der Waals surface area (Å²) < 4.78 is 40.1. The van der Waals surface area contributed by atoms with Gasteiger partial charge in [0.05, 0.1) is 28.4 Å². The predicted octanol–water partition coefficient (Wildman–Crippen LogP) is 11.8. The number of ether oxygens (including phenoxy) is 6. The van der Waals surface area contributed by atoms with E-state index in [9.17, 15) is 0 Å². The Morgan fingerprint density at radius 1 is 0.311 bits per heavy atom. The van der Waals surface area contributed by atoms with Crippen LogP contribution >= 0.6 is 15.9 Å². The molecule has 2 heterocycles. The van der Waals surface area contributed by atoms with Gasteiger partial charge in [0.15, 0.2) is 0 Å². The Labute approximate surface area is 367 Å². The number of hydrogen-bond acceptors (Lipinski definition) is 6. The smallest absolute Gasteiger partial charge is 0.126 e. The molecule has 0 aromatic heterocycles. The molecule has 6 nitrogen and oxygen atoms in total. The zero-order chi connectivity index (χ0) is 41.9. The van der Waals surface area contributed by atoms with Gasteiger partial charge < -0.3 is 28.4 Å². The number of rotatable bonds is 4. The average molecular weight is 874 g/mol. The third-order valence-electron chi connectivity index (χ3n) is 12.1. The first-order valence-electron chi connectivity index (χ1n) is 20.8. The van der Waals surface area contributed by atoms with Gasteiger partial charge in [-0.15, -0.1) is 0 Å². The molecule has 0 saturated heterocycles. The number of methoxy groups -OCH3 is 4. The van der Waals surface area contributed by atoms with Crippen LogP contribution in [0.3, 0.4) is 0 Å². The molecule has 0 atom stereocenters. The molecule has 2 aliphatic rings. The van der Waals surface area contributed by atoms with Crippen molar-refractivity contribution in [1.29, 1.82) is 0 Å². The van der Waals surface area contributed by atoms with Gasteiger partial charge in [0.2, 0.25) is 0 Å². The van der Waals surface area contributed by atoms with Crippen molar-refractivity contribution in [3.8, 4) is 34.5 Å². The first-order chi connectivity index (χ1) is 30.0. The highest BCUT2D eigenvalue weighted by Crippen LogP contribution is 2.41. The van der Waals surface area contributed by atoms with E-state index in [1.807, 2.05) is 0 Å². The van der Waals surface area contributed by atoms with E-state index in [4.69, 9.17) is 28.4 Å². The van der Waals surface area contributed by atoms with Gasteiger partial charge in [-0.3, -0.25) is 0 Å². The van der Waals surface area contributed by atoms with Crippen LogP contribution in [0.2, 0.25) is 0 Å². The summed E-state index contributed by atoms with van der Waals surface area (Å²) in [5, 5.41) is 0. The van der Waals surface area contributed by atoms with Gasteiger partial charge in [0, 0.05) is 54.1 Å². The van der Waals surface area contributed by atoms with Crippen LogP contribution < -0.4 is 28.4 Å². The van der Waals surface area contributed by atoms with Crippen LogP contribution in [0, 0.1) is 0 Å². The van der Waals surface area contributed by atoms with Gasteiger partial charge >= 0.3 is 0 Å². The molecule has 0 amide bonds. The van der Waals surface area contributed by atoms with Crippen molar-refractivity contribution >= 4 is 15.9 Å². The molecule has 12 bridgehead atoms. The molecule has 7 heteroatoms. The summed E-state index contributed by atoms with van der Waals surface area (Å²) in [6.45, 7) is 0.717. The normalized spacial score (nSPS) is 13.4. The molecule has 2 aliphatic heterocycles. The monoisotopic (exact) mass is 872 g/mol. The van der Waals surface area contributed by atoms with Crippen molar-refractivity contribution in [3.63, 3.8) is 0 Å². The number of benzene rings is 7. The molecule has 9 rings (SSSR count). The molecular weight excluding hydrogens is 824 g/mol. The van der Waals surface area contributed by atoms with Crippen molar-refractivity contribution in [1.82, 2.24) is 0 Å². The molecule has 0 aliphatic carbocycles. The van der Waals surface area contributed by atoms with Gasteiger partial charge in [0.25, 0.3) is 0 Å². The minimum Gasteiger partial charge on any atom is -0.496 e. The van der Waals surface area contributed by atoms with Crippen LogP contribution in [0.4, 0.5) is 0 Å². The summed E-state index contributed by atoms with van der Waals surface area (Å²) in [5.74, 6) is 5.15. The lowest BCUT2D eigenvalue weighted by Crippen LogP contribution is -2.09. The lowest BCUT2D eigenvalue weighted by Gasteiger charge is -2.22. The molecule has 0 radical (unpaired) electrons. The predicted molar refractivity (Wildman–Crippen MR) is 245 cm³/mol. The summed E-state index contributed by atoms with van der Waals surface area (Å²) in [7, 11) is 7.06. The largest absolute Gasteiger partial charge is 0.496 e. The standard InChI is InChI=1S/C54H49BrO6/c1-56-49-34-12-5-16-38(49)28-42-20-9-21-43-30-40-18-7-14-36(51(40)58-3)27-37-15-8-19-41(52(37)59-4)31-45-23-10-22-44(29-39-17-6-13-35(26-34)50(39)57-2)54(45)61-33-47-25-11-24-46(48(47)55)32-60-53(42)43/h5-25H,26-33H2,1-4H3.